The Morgan fingerprint density at radius 1 is 1.17 bits per heavy atom. The fraction of sp³-hybridized carbons (Fsp3) is 0.176. The van der Waals surface area contributed by atoms with Crippen LogP contribution in [0.1, 0.15) is 23.9 Å². The number of thiophene rings is 1. The topological polar surface area (TPSA) is 64.7 Å². The van der Waals surface area contributed by atoms with E-state index in [2.05, 4.69) is 37.6 Å². The van der Waals surface area contributed by atoms with Gasteiger partial charge in [0.15, 0.2) is 5.82 Å². The van der Waals surface area contributed by atoms with Gasteiger partial charge in [0.05, 0.1) is 10.6 Å². The van der Waals surface area contributed by atoms with Gasteiger partial charge in [-0.1, -0.05) is 47.3 Å². The SMILES string of the molecule is Cc1noc(C(C)Sc2ncnc3scc(-c4ccccc4)c23)n1. The molecule has 0 spiro atoms. The van der Waals surface area contributed by atoms with Gasteiger partial charge in [0.1, 0.15) is 16.2 Å². The first-order chi connectivity index (χ1) is 11.7. The van der Waals surface area contributed by atoms with E-state index in [0.717, 1.165) is 20.8 Å². The van der Waals surface area contributed by atoms with E-state index < -0.39 is 0 Å². The van der Waals surface area contributed by atoms with Gasteiger partial charge in [0.2, 0.25) is 5.89 Å². The average Bonchev–Trinajstić information content (AvgIpc) is 3.22. The van der Waals surface area contributed by atoms with Crippen molar-refractivity contribution in [3.8, 4) is 11.1 Å². The molecule has 7 heteroatoms. The fourth-order valence-electron chi connectivity index (χ4n) is 2.46. The zero-order valence-electron chi connectivity index (χ0n) is 13.1. The summed E-state index contributed by atoms with van der Waals surface area (Å²) in [4.78, 5) is 14.2. The van der Waals surface area contributed by atoms with Crippen molar-refractivity contribution in [1.29, 1.82) is 0 Å². The Balaban J connectivity index is 1.77. The van der Waals surface area contributed by atoms with Gasteiger partial charge >= 0.3 is 0 Å². The summed E-state index contributed by atoms with van der Waals surface area (Å²) in [5, 5.41) is 8.05. The van der Waals surface area contributed by atoms with Crippen LogP contribution < -0.4 is 0 Å². The highest BCUT2D eigenvalue weighted by Gasteiger charge is 2.19. The standard InChI is InChI=1S/C17H14N4OS2/c1-10(15-20-11(2)21-22-15)24-17-14-13(12-6-4-3-5-7-12)8-23-16(14)18-9-19-17/h3-10H,1-2H3. The maximum atomic E-state index is 5.28. The molecular formula is C17H14N4OS2. The lowest BCUT2D eigenvalue weighted by molar-refractivity contribution is 0.376. The summed E-state index contributed by atoms with van der Waals surface area (Å²) in [5.74, 6) is 1.26. The van der Waals surface area contributed by atoms with E-state index in [0.29, 0.717) is 11.7 Å². The van der Waals surface area contributed by atoms with Gasteiger partial charge in [0, 0.05) is 10.9 Å². The van der Waals surface area contributed by atoms with Crippen LogP contribution in [0.5, 0.6) is 0 Å². The molecular weight excluding hydrogens is 340 g/mol. The van der Waals surface area contributed by atoms with Gasteiger partial charge in [0.25, 0.3) is 0 Å². The van der Waals surface area contributed by atoms with Crippen LogP contribution in [0.3, 0.4) is 0 Å². The van der Waals surface area contributed by atoms with E-state index in [9.17, 15) is 0 Å². The third-order valence-electron chi connectivity index (χ3n) is 3.60. The van der Waals surface area contributed by atoms with Crippen LogP contribution in [0.4, 0.5) is 0 Å². The number of aryl methyl sites for hydroxylation is 1. The lowest BCUT2D eigenvalue weighted by atomic mass is 10.1. The Labute approximate surface area is 147 Å². The summed E-state index contributed by atoms with van der Waals surface area (Å²) in [6.45, 7) is 3.86. The number of nitrogens with zero attached hydrogens (tertiary/aromatic N) is 4. The van der Waals surface area contributed by atoms with E-state index in [1.165, 1.54) is 5.56 Å². The molecule has 0 amide bonds. The predicted molar refractivity (Wildman–Crippen MR) is 96.2 cm³/mol. The minimum Gasteiger partial charge on any atom is -0.338 e. The Morgan fingerprint density at radius 3 is 2.75 bits per heavy atom. The molecule has 1 unspecified atom stereocenters. The van der Waals surface area contributed by atoms with Gasteiger partial charge in [-0.25, -0.2) is 9.97 Å². The summed E-state index contributed by atoms with van der Waals surface area (Å²) in [6.07, 6.45) is 1.61. The molecule has 0 bridgehead atoms. The van der Waals surface area contributed by atoms with Crippen molar-refractivity contribution in [1.82, 2.24) is 20.1 Å². The van der Waals surface area contributed by atoms with Crippen molar-refractivity contribution in [3.63, 3.8) is 0 Å². The van der Waals surface area contributed by atoms with E-state index in [4.69, 9.17) is 4.52 Å². The van der Waals surface area contributed by atoms with Crippen molar-refractivity contribution in [3.05, 3.63) is 53.8 Å². The lowest BCUT2D eigenvalue weighted by Gasteiger charge is -2.08. The molecule has 4 aromatic rings. The van der Waals surface area contributed by atoms with E-state index >= 15 is 0 Å². The van der Waals surface area contributed by atoms with E-state index in [1.807, 2.05) is 32.0 Å². The van der Waals surface area contributed by atoms with Gasteiger partial charge < -0.3 is 4.52 Å². The molecule has 3 aromatic heterocycles. The van der Waals surface area contributed by atoms with Crippen LogP contribution in [-0.4, -0.2) is 20.1 Å². The highest BCUT2D eigenvalue weighted by molar-refractivity contribution is 7.99. The first kappa shape index (κ1) is 15.3. The maximum Gasteiger partial charge on any atom is 0.239 e. The Morgan fingerprint density at radius 2 is 2.00 bits per heavy atom. The van der Waals surface area contributed by atoms with Crippen molar-refractivity contribution in [2.24, 2.45) is 0 Å². The van der Waals surface area contributed by atoms with Gasteiger partial charge in [-0.15, -0.1) is 11.3 Å². The number of aromatic nitrogens is 4. The van der Waals surface area contributed by atoms with Gasteiger partial charge in [-0.2, -0.15) is 4.98 Å². The third-order valence-corrected chi connectivity index (χ3v) is 5.57. The summed E-state index contributed by atoms with van der Waals surface area (Å²) in [6, 6.07) is 10.3. The largest absolute Gasteiger partial charge is 0.338 e. The molecule has 0 N–H and O–H groups in total. The van der Waals surface area contributed by atoms with Crippen molar-refractivity contribution >= 4 is 33.3 Å². The second kappa shape index (κ2) is 6.33. The quantitative estimate of drug-likeness (QED) is 0.383. The molecule has 0 fully saturated rings. The van der Waals surface area contributed by atoms with E-state index in [1.54, 1.807) is 29.4 Å². The van der Waals surface area contributed by atoms with Crippen LogP contribution in [0, 0.1) is 6.92 Å². The van der Waals surface area contributed by atoms with Crippen LogP contribution in [0.2, 0.25) is 0 Å². The molecule has 0 aliphatic heterocycles. The zero-order valence-corrected chi connectivity index (χ0v) is 14.8. The summed E-state index contributed by atoms with van der Waals surface area (Å²) in [7, 11) is 0. The second-order valence-electron chi connectivity index (χ2n) is 5.31. The molecule has 1 aromatic carbocycles. The zero-order chi connectivity index (χ0) is 16.5. The van der Waals surface area contributed by atoms with Crippen molar-refractivity contribution in [2.75, 3.05) is 0 Å². The van der Waals surface area contributed by atoms with Crippen LogP contribution in [0.15, 0.2) is 51.6 Å². The minimum absolute atomic E-state index is 0.0211. The third kappa shape index (κ3) is 2.81. The number of rotatable bonds is 4. The first-order valence-electron chi connectivity index (χ1n) is 7.47. The molecule has 0 aliphatic rings. The number of hydrogen-bond donors (Lipinski definition) is 0. The average molecular weight is 354 g/mol. The predicted octanol–water partition coefficient (Wildman–Crippen LogP) is 4.90. The molecule has 0 aliphatic carbocycles. The summed E-state index contributed by atoms with van der Waals surface area (Å²) in [5.41, 5.74) is 2.33. The normalized spacial score (nSPS) is 12.6. The van der Waals surface area contributed by atoms with Gasteiger partial charge in [-0.05, 0) is 19.4 Å². The number of fused-ring (bicyclic) bond motifs is 1. The minimum atomic E-state index is 0.0211. The monoisotopic (exact) mass is 354 g/mol. The highest BCUT2D eigenvalue weighted by atomic mass is 32.2. The fourth-order valence-corrected chi connectivity index (χ4v) is 4.41. The van der Waals surface area contributed by atoms with Gasteiger partial charge in [-0.3, -0.25) is 0 Å². The Bertz CT molecular complexity index is 981. The summed E-state index contributed by atoms with van der Waals surface area (Å²) < 4.78 is 5.28. The maximum absolute atomic E-state index is 5.28. The molecule has 3 heterocycles. The van der Waals surface area contributed by atoms with Crippen LogP contribution >= 0.6 is 23.1 Å². The van der Waals surface area contributed by atoms with Crippen LogP contribution in [-0.2, 0) is 0 Å². The molecule has 4 rings (SSSR count). The number of thioether (sulfide) groups is 1. The van der Waals surface area contributed by atoms with Crippen LogP contribution in [0.25, 0.3) is 21.3 Å². The molecule has 5 nitrogen and oxygen atoms in total. The molecule has 1 atom stereocenters. The van der Waals surface area contributed by atoms with Crippen molar-refractivity contribution in [2.45, 2.75) is 24.1 Å². The number of hydrogen-bond acceptors (Lipinski definition) is 7. The van der Waals surface area contributed by atoms with Crippen molar-refractivity contribution < 1.29 is 4.52 Å². The Hall–Kier alpha value is -2.25. The highest BCUT2D eigenvalue weighted by Crippen LogP contribution is 2.41. The molecule has 0 saturated heterocycles. The molecule has 120 valence electrons. The van der Waals surface area contributed by atoms with E-state index in [-0.39, 0.29) is 5.25 Å². The Kier molecular flexibility index (Phi) is 4.03. The summed E-state index contributed by atoms with van der Waals surface area (Å²) >= 11 is 3.25. The molecule has 24 heavy (non-hydrogen) atoms. The number of benzene rings is 1. The first-order valence-corrected chi connectivity index (χ1v) is 9.23. The lowest BCUT2D eigenvalue weighted by Crippen LogP contribution is -1.92. The molecule has 0 saturated carbocycles. The molecule has 0 radical (unpaired) electrons. The smallest absolute Gasteiger partial charge is 0.239 e. The second-order valence-corrected chi connectivity index (χ2v) is 7.50.